The largest absolute Gasteiger partial charge is 0.378 e. The van der Waals surface area contributed by atoms with Crippen molar-refractivity contribution in [2.45, 2.75) is 58.6 Å². The van der Waals surface area contributed by atoms with Crippen molar-refractivity contribution in [3.63, 3.8) is 0 Å². The Kier molecular flexibility index (Phi) is 4.93. The Bertz CT molecular complexity index is 673. The number of rotatable bonds is 3. The van der Waals surface area contributed by atoms with Gasteiger partial charge in [0.15, 0.2) is 5.13 Å². The molecule has 0 N–H and O–H groups in total. The van der Waals surface area contributed by atoms with Crippen LogP contribution in [0.5, 0.6) is 0 Å². The van der Waals surface area contributed by atoms with Crippen molar-refractivity contribution in [3.05, 3.63) is 21.0 Å². The van der Waals surface area contributed by atoms with E-state index in [1.54, 1.807) is 10.5 Å². The van der Waals surface area contributed by atoms with Crippen LogP contribution in [0.15, 0.2) is 10.5 Å². The molecular formula is C20H30N2OS2. The molecule has 1 aromatic rings. The van der Waals surface area contributed by atoms with Gasteiger partial charge >= 0.3 is 0 Å². The molecule has 2 unspecified atom stereocenters. The highest BCUT2D eigenvalue weighted by Crippen LogP contribution is 2.60. The van der Waals surface area contributed by atoms with Crippen LogP contribution < -0.4 is 4.90 Å². The first-order valence-corrected chi connectivity index (χ1v) is 11.4. The lowest BCUT2D eigenvalue weighted by molar-refractivity contribution is 0.122. The number of aryl methyl sites for hydroxylation is 1. The number of thioether (sulfide) groups is 1. The van der Waals surface area contributed by atoms with E-state index < -0.39 is 0 Å². The number of nitrogens with zero attached hydrogens (tertiary/aromatic N) is 2. The fraction of sp³-hybridized carbons (Fsp3) is 0.750. The molecule has 1 fully saturated rings. The summed E-state index contributed by atoms with van der Waals surface area (Å²) in [6, 6.07) is 0. The molecule has 5 heteroatoms. The second-order valence-corrected chi connectivity index (χ2v) is 10.6. The zero-order valence-electron chi connectivity index (χ0n) is 15.9. The van der Waals surface area contributed by atoms with Gasteiger partial charge in [-0.25, -0.2) is 4.98 Å². The fourth-order valence-electron chi connectivity index (χ4n) is 4.30. The Labute approximate surface area is 160 Å². The van der Waals surface area contributed by atoms with Crippen LogP contribution in [0.25, 0.3) is 0 Å². The zero-order chi connectivity index (χ0) is 17.6. The van der Waals surface area contributed by atoms with Crippen molar-refractivity contribution < 1.29 is 4.74 Å². The van der Waals surface area contributed by atoms with Crippen molar-refractivity contribution in [2.75, 3.05) is 31.2 Å². The summed E-state index contributed by atoms with van der Waals surface area (Å²) in [5.41, 5.74) is 3.55. The van der Waals surface area contributed by atoms with E-state index in [1.165, 1.54) is 35.0 Å². The van der Waals surface area contributed by atoms with Crippen molar-refractivity contribution in [3.8, 4) is 0 Å². The minimum absolute atomic E-state index is 0.475. The van der Waals surface area contributed by atoms with Gasteiger partial charge in [0.05, 0.1) is 24.2 Å². The maximum Gasteiger partial charge on any atom is 0.185 e. The number of anilines is 1. The van der Waals surface area contributed by atoms with Gasteiger partial charge < -0.3 is 9.64 Å². The van der Waals surface area contributed by atoms with Gasteiger partial charge in [0.2, 0.25) is 0 Å². The van der Waals surface area contributed by atoms with E-state index in [-0.39, 0.29) is 0 Å². The van der Waals surface area contributed by atoms with Gasteiger partial charge in [0.25, 0.3) is 0 Å². The van der Waals surface area contributed by atoms with Crippen LogP contribution in [0.2, 0.25) is 0 Å². The predicted molar refractivity (Wildman–Crippen MR) is 109 cm³/mol. The Morgan fingerprint density at radius 3 is 2.76 bits per heavy atom. The lowest BCUT2D eigenvalue weighted by Crippen LogP contribution is -2.36. The minimum Gasteiger partial charge on any atom is -0.378 e. The Hall–Kier alpha value is -0.520. The summed E-state index contributed by atoms with van der Waals surface area (Å²) in [6.07, 6.45) is 4.94. The number of hydrogen-bond acceptors (Lipinski definition) is 5. The lowest BCUT2D eigenvalue weighted by atomic mass is 9.74. The predicted octanol–water partition coefficient (Wildman–Crippen LogP) is 5.43. The highest BCUT2D eigenvalue weighted by Gasteiger charge is 2.40. The number of ether oxygens (including phenoxy) is 1. The van der Waals surface area contributed by atoms with Gasteiger partial charge in [-0.1, -0.05) is 33.3 Å². The number of allylic oxidation sites excluding steroid dienone is 2. The molecule has 0 aromatic carbocycles. The van der Waals surface area contributed by atoms with Crippen molar-refractivity contribution in [1.82, 2.24) is 4.98 Å². The Balaban J connectivity index is 1.59. The summed E-state index contributed by atoms with van der Waals surface area (Å²) < 4.78 is 5.51. The van der Waals surface area contributed by atoms with E-state index in [4.69, 9.17) is 9.72 Å². The molecule has 3 aliphatic rings. The molecule has 0 bridgehead atoms. The first kappa shape index (κ1) is 17.9. The van der Waals surface area contributed by atoms with E-state index in [2.05, 4.69) is 44.4 Å². The van der Waals surface area contributed by atoms with Crippen LogP contribution in [0.3, 0.4) is 0 Å². The van der Waals surface area contributed by atoms with E-state index in [0.717, 1.165) is 32.7 Å². The molecule has 138 valence electrons. The monoisotopic (exact) mass is 378 g/mol. The number of aromatic nitrogens is 1. The molecule has 0 amide bonds. The van der Waals surface area contributed by atoms with Gasteiger partial charge in [-0.3, -0.25) is 0 Å². The summed E-state index contributed by atoms with van der Waals surface area (Å²) in [7, 11) is 0. The van der Waals surface area contributed by atoms with Crippen molar-refractivity contribution in [1.29, 1.82) is 0 Å². The van der Waals surface area contributed by atoms with E-state index in [9.17, 15) is 0 Å². The first-order chi connectivity index (χ1) is 12.0. The van der Waals surface area contributed by atoms with Crippen LogP contribution >= 0.6 is 23.1 Å². The van der Waals surface area contributed by atoms with E-state index in [0.29, 0.717) is 16.6 Å². The van der Waals surface area contributed by atoms with Gasteiger partial charge in [-0.15, -0.1) is 23.1 Å². The molecule has 0 radical (unpaired) electrons. The maximum absolute atomic E-state index is 5.51. The second-order valence-electron chi connectivity index (χ2n) is 8.38. The van der Waals surface area contributed by atoms with Gasteiger partial charge in [0.1, 0.15) is 0 Å². The summed E-state index contributed by atoms with van der Waals surface area (Å²) >= 11 is 4.10. The molecule has 25 heavy (non-hydrogen) atoms. The van der Waals surface area contributed by atoms with Crippen molar-refractivity contribution in [2.24, 2.45) is 11.3 Å². The molecule has 1 aromatic heterocycles. The van der Waals surface area contributed by atoms with Crippen LogP contribution in [-0.2, 0) is 11.2 Å². The number of morpholine rings is 1. The summed E-state index contributed by atoms with van der Waals surface area (Å²) in [6.45, 7) is 13.2. The van der Waals surface area contributed by atoms with E-state index >= 15 is 0 Å². The molecule has 3 nitrogen and oxygen atoms in total. The highest BCUT2D eigenvalue weighted by molar-refractivity contribution is 8.03. The molecule has 2 atom stereocenters. The third-order valence-corrected chi connectivity index (χ3v) is 8.96. The smallest absolute Gasteiger partial charge is 0.185 e. The second kappa shape index (κ2) is 6.90. The topological polar surface area (TPSA) is 25.4 Å². The normalized spacial score (nSPS) is 29.2. The Morgan fingerprint density at radius 2 is 2.04 bits per heavy atom. The molecule has 0 saturated carbocycles. The zero-order valence-corrected chi connectivity index (χ0v) is 17.6. The van der Waals surface area contributed by atoms with Crippen LogP contribution in [0, 0.1) is 11.3 Å². The van der Waals surface area contributed by atoms with Gasteiger partial charge in [-0.2, -0.15) is 0 Å². The summed E-state index contributed by atoms with van der Waals surface area (Å²) in [4.78, 5) is 10.7. The SMILES string of the molecule is CCc1nc(N2CCOCC2)sc1C1SC2=C(CC(C)(C)CC2)C1C. The van der Waals surface area contributed by atoms with Gasteiger partial charge in [-0.05, 0) is 41.9 Å². The fourth-order valence-corrected chi connectivity index (χ4v) is 7.43. The van der Waals surface area contributed by atoms with Gasteiger partial charge in [0, 0.05) is 18.0 Å². The summed E-state index contributed by atoms with van der Waals surface area (Å²) in [5, 5.41) is 1.80. The van der Waals surface area contributed by atoms with E-state index in [1.807, 2.05) is 11.3 Å². The van der Waals surface area contributed by atoms with Crippen LogP contribution in [-0.4, -0.2) is 31.3 Å². The van der Waals surface area contributed by atoms with Crippen LogP contribution in [0.4, 0.5) is 5.13 Å². The molecule has 1 saturated heterocycles. The average molecular weight is 379 g/mol. The lowest BCUT2D eigenvalue weighted by Gasteiger charge is -2.31. The molecule has 4 rings (SSSR count). The molecular weight excluding hydrogens is 348 g/mol. The highest BCUT2D eigenvalue weighted by atomic mass is 32.2. The molecule has 1 aliphatic carbocycles. The Morgan fingerprint density at radius 1 is 1.28 bits per heavy atom. The average Bonchev–Trinajstić information content (AvgIpc) is 3.17. The third kappa shape index (κ3) is 3.40. The maximum atomic E-state index is 5.51. The van der Waals surface area contributed by atoms with Crippen molar-refractivity contribution >= 4 is 28.2 Å². The summed E-state index contributed by atoms with van der Waals surface area (Å²) in [5.74, 6) is 0.655. The number of thiazole rings is 1. The van der Waals surface area contributed by atoms with Crippen LogP contribution in [0.1, 0.15) is 62.8 Å². The minimum atomic E-state index is 0.475. The first-order valence-electron chi connectivity index (χ1n) is 9.69. The number of hydrogen-bond donors (Lipinski definition) is 0. The third-order valence-electron chi connectivity index (χ3n) is 5.92. The standard InChI is InChI=1S/C20H30N2OS2/c1-5-15-18(25-19(21-15)22-8-10-23-11-9-22)17-13(2)14-12-20(3,4)7-6-16(14)24-17/h13,17H,5-12H2,1-4H3. The molecule has 3 heterocycles. The molecule has 0 spiro atoms. The quantitative estimate of drug-likeness (QED) is 0.700. The molecule has 2 aliphatic heterocycles.